The van der Waals surface area contributed by atoms with Crippen LogP contribution in [0.25, 0.3) is 10.2 Å². The van der Waals surface area contributed by atoms with Crippen LogP contribution in [0.15, 0.2) is 0 Å². The number of rotatable bonds is 4. The molecule has 3 heterocycles. The van der Waals surface area contributed by atoms with Crippen LogP contribution in [0.2, 0.25) is 0 Å². The Morgan fingerprint density at radius 1 is 1.22 bits per heavy atom. The van der Waals surface area contributed by atoms with E-state index >= 15 is 0 Å². The van der Waals surface area contributed by atoms with Gasteiger partial charge in [0.05, 0.1) is 11.6 Å². The summed E-state index contributed by atoms with van der Waals surface area (Å²) in [6.07, 6.45) is 5.41. The van der Waals surface area contributed by atoms with Crippen molar-refractivity contribution in [2.24, 2.45) is 5.92 Å². The highest BCUT2D eigenvalue weighted by Gasteiger charge is 2.25. The third-order valence-corrected chi connectivity index (χ3v) is 8.13. The van der Waals surface area contributed by atoms with Gasteiger partial charge >= 0.3 is 0 Å². The van der Waals surface area contributed by atoms with Crippen molar-refractivity contribution >= 4 is 37.4 Å². The first-order valence-electron chi connectivity index (χ1n) is 9.55. The number of nitrogens with two attached hydrogens (primary N) is 1. The SMILES string of the molecule is CC1CCc2c(sc3nc(CCN4CCN(S(C)(=O)=O)CC4)nc(N)c23)C1. The predicted molar refractivity (Wildman–Crippen MR) is 110 cm³/mol. The Hall–Kier alpha value is -1.29. The zero-order valence-corrected chi connectivity index (χ0v) is 17.6. The average molecular weight is 410 g/mol. The van der Waals surface area contributed by atoms with E-state index in [1.165, 1.54) is 23.1 Å². The summed E-state index contributed by atoms with van der Waals surface area (Å²) in [7, 11) is -3.09. The predicted octanol–water partition coefficient (Wildman–Crippen LogP) is 1.52. The lowest BCUT2D eigenvalue weighted by Gasteiger charge is -2.33. The van der Waals surface area contributed by atoms with Crippen LogP contribution in [0, 0.1) is 5.92 Å². The van der Waals surface area contributed by atoms with Crippen LogP contribution in [0.3, 0.4) is 0 Å². The van der Waals surface area contributed by atoms with Crippen molar-refractivity contribution in [2.45, 2.75) is 32.6 Å². The number of thiophene rings is 1. The van der Waals surface area contributed by atoms with Crippen molar-refractivity contribution in [3.05, 3.63) is 16.3 Å². The molecule has 4 rings (SSSR count). The number of hydrogen-bond acceptors (Lipinski definition) is 7. The van der Waals surface area contributed by atoms with Crippen molar-refractivity contribution < 1.29 is 8.42 Å². The van der Waals surface area contributed by atoms with Crippen LogP contribution >= 0.6 is 11.3 Å². The van der Waals surface area contributed by atoms with Gasteiger partial charge in [-0.2, -0.15) is 4.31 Å². The first-order valence-corrected chi connectivity index (χ1v) is 12.2. The maximum atomic E-state index is 11.6. The van der Waals surface area contributed by atoms with Crippen molar-refractivity contribution in [1.29, 1.82) is 0 Å². The van der Waals surface area contributed by atoms with E-state index in [-0.39, 0.29) is 0 Å². The topological polar surface area (TPSA) is 92.4 Å². The summed E-state index contributed by atoms with van der Waals surface area (Å²) >= 11 is 1.78. The number of piperazine rings is 1. The monoisotopic (exact) mass is 409 g/mol. The molecule has 27 heavy (non-hydrogen) atoms. The molecule has 2 N–H and O–H groups in total. The molecule has 9 heteroatoms. The van der Waals surface area contributed by atoms with Crippen LogP contribution in [0.1, 0.15) is 29.6 Å². The number of nitrogen functional groups attached to an aromatic ring is 1. The van der Waals surface area contributed by atoms with Gasteiger partial charge < -0.3 is 10.6 Å². The smallest absolute Gasteiger partial charge is 0.211 e. The van der Waals surface area contributed by atoms with E-state index < -0.39 is 10.0 Å². The van der Waals surface area contributed by atoms with E-state index in [0.717, 1.165) is 60.9 Å². The third kappa shape index (κ3) is 3.96. The fourth-order valence-corrected chi connectivity index (χ4v) is 6.31. The standard InChI is InChI=1S/C18H27N5O2S2/c1-12-3-4-13-14(11-12)26-18-16(13)17(19)20-15(21-18)5-6-22-7-9-23(10-8-22)27(2,24)25/h12H,3-11H2,1-2H3,(H2,19,20,21). The summed E-state index contributed by atoms with van der Waals surface area (Å²) in [5.41, 5.74) is 7.67. The minimum absolute atomic E-state index is 0.552. The van der Waals surface area contributed by atoms with Crippen molar-refractivity contribution in [2.75, 3.05) is 44.7 Å². The summed E-state index contributed by atoms with van der Waals surface area (Å²) in [4.78, 5) is 14.1. The Balaban J connectivity index is 1.44. The van der Waals surface area contributed by atoms with E-state index in [1.54, 1.807) is 15.6 Å². The second-order valence-corrected chi connectivity index (χ2v) is 10.9. The Morgan fingerprint density at radius 2 is 1.96 bits per heavy atom. The zero-order chi connectivity index (χ0) is 19.2. The molecule has 7 nitrogen and oxygen atoms in total. The Morgan fingerprint density at radius 3 is 2.67 bits per heavy atom. The van der Waals surface area contributed by atoms with Gasteiger partial charge in [-0.25, -0.2) is 18.4 Å². The summed E-state index contributed by atoms with van der Waals surface area (Å²) in [5.74, 6) is 2.13. The Bertz CT molecular complexity index is 948. The molecule has 0 aromatic carbocycles. The molecular formula is C18H27N5O2S2. The molecule has 1 atom stereocenters. The van der Waals surface area contributed by atoms with Gasteiger partial charge in [-0.3, -0.25) is 0 Å². The van der Waals surface area contributed by atoms with E-state index in [0.29, 0.717) is 18.9 Å². The first-order chi connectivity index (χ1) is 12.8. The van der Waals surface area contributed by atoms with Crippen LogP contribution in [0.4, 0.5) is 5.82 Å². The van der Waals surface area contributed by atoms with Crippen molar-refractivity contribution in [3.63, 3.8) is 0 Å². The Kier molecular flexibility index (Phi) is 5.13. The lowest BCUT2D eigenvalue weighted by atomic mass is 9.89. The normalized spacial score (nSPS) is 22.2. The molecule has 0 saturated carbocycles. The fourth-order valence-electron chi connectivity index (χ4n) is 4.07. The molecule has 0 bridgehead atoms. The minimum atomic E-state index is -3.09. The molecular weight excluding hydrogens is 382 g/mol. The molecule has 0 amide bonds. The number of aromatic nitrogens is 2. The highest BCUT2D eigenvalue weighted by molar-refractivity contribution is 7.88. The second-order valence-electron chi connectivity index (χ2n) is 7.81. The number of sulfonamides is 1. The van der Waals surface area contributed by atoms with Gasteiger partial charge in [0.1, 0.15) is 16.5 Å². The minimum Gasteiger partial charge on any atom is -0.383 e. The number of fused-ring (bicyclic) bond motifs is 3. The van der Waals surface area contributed by atoms with Gasteiger partial charge in [-0.1, -0.05) is 6.92 Å². The number of aryl methyl sites for hydroxylation is 1. The van der Waals surface area contributed by atoms with Gasteiger partial charge in [0, 0.05) is 44.0 Å². The Labute approximate surface area is 164 Å². The quantitative estimate of drug-likeness (QED) is 0.823. The van der Waals surface area contributed by atoms with Crippen molar-refractivity contribution in [3.8, 4) is 0 Å². The van der Waals surface area contributed by atoms with Gasteiger partial charge in [0.15, 0.2) is 0 Å². The van der Waals surface area contributed by atoms with Crippen LogP contribution in [-0.2, 0) is 29.3 Å². The maximum Gasteiger partial charge on any atom is 0.211 e. The third-order valence-electron chi connectivity index (χ3n) is 5.68. The van der Waals surface area contributed by atoms with E-state index in [9.17, 15) is 8.42 Å². The van der Waals surface area contributed by atoms with Crippen molar-refractivity contribution in [1.82, 2.24) is 19.2 Å². The fraction of sp³-hybridized carbons (Fsp3) is 0.667. The molecule has 2 aromatic heterocycles. The maximum absolute atomic E-state index is 11.6. The lowest BCUT2D eigenvalue weighted by molar-refractivity contribution is 0.190. The highest BCUT2D eigenvalue weighted by atomic mass is 32.2. The number of anilines is 1. The molecule has 0 radical (unpaired) electrons. The second kappa shape index (κ2) is 7.27. The summed E-state index contributed by atoms with van der Waals surface area (Å²) in [6, 6.07) is 0. The zero-order valence-electron chi connectivity index (χ0n) is 15.9. The first kappa shape index (κ1) is 19.0. The van der Waals surface area contributed by atoms with E-state index in [2.05, 4.69) is 16.8 Å². The van der Waals surface area contributed by atoms with Crippen LogP contribution in [-0.4, -0.2) is 66.6 Å². The van der Waals surface area contributed by atoms with Gasteiger partial charge in [0.25, 0.3) is 0 Å². The van der Waals surface area contributed by atoms with Gasteiger partial charge in [-0.15, -0.1) is 11.3 Å². The molecule has 1 fully saturated rings. The molecule has 2 aromatic rings. The molecule has 1 unspecified atom stereocenters. The molecule has 2 aliphatic rings. The van der Waals surface area contributed by atoms with Crippen LogP contribution in [0.5, 0.6) is 0 Å². The number of hydrogen-bond donors (Lipinski definition) is 1. The van der Waals surface area contributed by atoms with Gasteiger partial charge in [0.2, 0.25) is 10.0 Å². The summed E-state index contributed by atoms with van der Waals surface area (Å²) in [5, 5.41) is 1.08. The molecule has 148 valence electrons. The number of nitrogens with zero attached hydrogens (tertiary/aromatic N) is 4. The summed E-state index contributed by atoms with van der Waals surface area (Å²) < 4.78 is 24.8. The summed E-state index contributed by atoms with van der Waals surface area (Å²) in [6.45, 7) is 5.72. The highest BCUT2D eigenvalue weighted by Crippen LogP contribution is 2.39. The van der Waals surface area contributed by atoms with Gasteiger partial charge in [-0.05, 0) is 30.7 Å². The molecule has 1 aliphatic carbocycles. The molecule has 0 spiro atoms. The lowest BCUT2D eigenvalue weighted by Crippen LogP contribution is -2.48. The molecule has 1 saturated heterocycles. The van der Waals surface area contributed by atoms with Crippen LogP contribution < -0.4 is 5.73 Å². The molecule has 1 aliphatic heterocycles. The largest absolute Gasteiger partial charge is 0.383 e. The van der Waals surface area contributed by atoms with E-state index in [1.807, 2.05) is 0 Å². The average Bonchev–Trinajstić information content (AvgIpc) is 2.97. The van der Waals surface area contributed by atoms with E-state index in [4.69, 9.17) is 10.7 Å².